The normalized spacial score (nSPS) is 20.1. The molecular weight excluding hydrogens is 499 g/mol. The van der Waals surface area contributed by atoms with Crippen LogP contribution >= 0.6 is 24.0 Å². The Balaban J connectivity index is 0.00000300. The predicted molar refractivity (Wildman–Crippen MR) is 129 cm³/mol. The summed E-state index contributed by atoms with van der Waals surface area (Å²) in [5.41, 5.74) is 1.56. The van der Waals surface area contributed by atoms with Crippen LogP contribution in [0.3, 0.4) is 0 Å². The van der Waals surface area contributed by atoms with Crippen LogP contribution in [0.1, 0.15) is 56.9 Å². The van der Waals surface area contributed by atoms with Crippen molar-refractivity contribution in [2.45, 2.75) is 62.7 Å². The minimum atomic E-state index is -3.63. The quantitative estimate of drug-likeness (QED) is 0.352. The SMILES string of the molecule is CN=C(NCCc1ccc(S(N)(=O)=O)cc1)N1CCCC2(CCCCCC2)C1.I. The minimum absolute atomic E-state index is 0. The lowest BCUT2D eigenvalue weighted by atomic mass is 9.74. The average Bonchev–Trinajstić information content (AvgIpc) is 2.90. The number of sulfonamides is 1. The van der Waals surface area contributed by atoms with Gasteiger partial charge in [0.2, 0.25) is 10.0 Å². The first-order valence-electron chi connectivity index (χ1n) is 10.5. The molecule has 1 aliphatic carbocycles. The molecule has 1 saturated heterocycles. The van der Waals surface area contributed by atoms with Gasteiger partial charge in [0.25, 0.3) is 0 Å². The molecule has 6 nitrogen and oxygen atoms in total. The largest absolute Gasteiger partial charge is 0.356 e. The van der Waals surface area contributed by atoms with Crippen LogP contribution in [0.4, 0.5) is 0 Å². The zero-order valence-corrected chi connectivity index (χ0v) is 20.5. The van der Waals surface area contributed by atoms with Gasteiger partial charge in [0, 0.05) is 26.7 Å². The highest BCUT2D eigenvalue weighted by Gasteiger charge is 2.36. The van der Waals surface area contributed by atoms with Gasteiger partial charge in [-0.15, -0.1) is 24.0 Å². The first-order chi connectivity index (χ1) is 13.4. The van der Waals surface area contributed by atoms with Crippen molar-refractivity contribution in [3.05, 3.63) is 29.8 Å². The molecule has 164 valence electrons. The molecule has 29 heavy (non-hydrogen) atoms. The van der Waals surface area contributed by atoms with Crippen molar-refractivity contribution in [3.63, 3.8) is 0 Å². The number of nitrogens with two attached hydrogens (primary N) is 1. The van der Waals surface area contributed by atoms with Crippen LogP contribution in [0.2, 0.25) is 0 Å². The van der Waals surface area contributed by atoms with Crippen molar-refractivity contribution in [1.82, 2.24) is 10.2 Å². The Labute approximate surface area is 192 Å². The summed E-state index contributed by atoms with van der Waals surface area (Å²) in [6.07, 6.45) is 11.6. The maximum atomic E-state index is 11.4. The number of benzene rings is 1. The lowest BCUT2D eigenvalue weighted by Gasteiger charge is -2.44. The number of halogens is 1. The van der Waals surface area contributed by atoms with Gasteiger partial charge in [0.05, 0.1) is 4.90 Å². The summed E-state index contributed by atoms with van der Waals surface area (Å²) in [6, 6.07) is 6.79. The zero-order chi connectivity index (χ0) is 20.0. The van der Waals surface area contributed by atoms with E-state index in [-0.39, 0.29) is 28.9 Å². The van der Waals surface area contributed by atoms with Gasteiger partial charge in [-0.2, -0.15) is 0 Å². The van der Waals surface area contributed by atoms with Crippen molar-refractivity contribution in [2.75, 3.05) is 26.7 Å². The van der Waals surface area contributed by atoms with Crippen LogP contribution in [-0.2, 0) is 16.4 Å². The number of likely N-dealkylation sites (tertiary alicyclic amines) is 1. The van der Waals surface area contributed by atoms with E-state index in [1.807, 2.05) is 19.2 Å². The number of hydrogen-bond donors (Lipinski definition) is 2. The van der Waals surface area contributed by atoms with Crippen LogP contribution in [0.25, 0.3) is 0 Å². The second-order valence-corrected chi connectivity index (χ2v) is 9.91. The van der Waals surface area contributed by atoms with E-state index < -0.39 is 10.0 Å². The van der Waals surface area contributed by atoms with Gasteiger partial charge < -0.3 is 10.2 Å². The van der Waals surface area contributed by atoms with Crippen molar-refractivity contribution < 1.29 is 8.42 Å². The molecule has 1 saturated carbocycles. The molecule has 2 fully saturated rings. The first-order valence-corrected chi connectivity index (χ1v) is 12.0. The summed E-state index contributed by atoms with van der Waals surface area (Å²) in [4.78, 5) is 7.12. The number of nitrogens with one attached hydrogen (secondary N) is 1. The topological polar surface area (TPSA) is 87.8 Å². The third kappa shape index (κ3) is 6.82. The van der Waals surface area contributed by atoms with E-state index in [0.29, 0.717) is 5.41 Å². The van der Waals surface area contributed by atoms with Crippen molar-refractivity contribution in [2.24, 2.45) is 15.5 Å². The average molecular weight is 535 g/mol. The molecule has 1 spiro atoms. The Morgan fingerprint density at radius 1 is 1.10 bits per heavy atom. The third-order valence-electron chi connectivity index (χ3n) is 6.29. The fourth-order valence-corrected chi connectivity index (χ4v) is 5.29. The lowest BCUT2D eigenvalue weighted by Crippen LogP contribution is -2.50. The number of aliphatic imine (C=N–C) groups is 1. The van der Waals surface area contributed by atoms with Crippen molar-refractivity contribution >= 4 is 40.0 Å². The number of hydrogen-bond acceptors (Lipinski definition) is 3. The van der Waals surface area contributed by atoms with Crippen LogP contribution in [-0.4, -0.2) is 46.0 Å². The second-order valence-electron chi connectivity index (χ2n) is 8.35. The van der Waals surface area contributed by atoms with E-state index in [9.17, 15) is 8.42 Å². The van der Waals surface area contributed by atoms with E-state index in [2.05, 4.69) is 15.2 Å². The van der Waals surface area contributed by atoms with Crippen LogP contribution in [0.15, 0.2) is 34.2 Å². The van der Waals surface area contributed by atoms with Gasteiger partial charge in [0.1, 0.15) is 0 Å². The molecule has 3 rings (SSSR count). The van der Waals surface area contributed by atoms with Crippen molar-refractivity contribution in [1.29, 1.82) is 0 Å². The highest BCUT2D eigenvalue weighted by Crippen LogP contribution is 2.42. The Morgan fingerprint density at radius 2 is 1.72 bits per heavy atom. The highest BCUT2D eigenvalue weighted by molar-refractivity contribution is 14.0. The molecular formula is C21H35IN4O2S. The molecule has 3 N–H and O–H groups in total. The van der Waals surface area contributed by atoms with E-state index in [1.54, 1.807) is 12.1 Å². The van der Waals surface area contributed by atoms with Crippen LogP contribution in [0.5, 0.6) is 0 Å². The van der Waals surface area contributed by atoms with Crippen LogP contribution < -0.4 is 10.5 Å². The number of guanidine groups is 1. The van der Waals surface area contributed by atoms with Gasteiger partial charge in [-0.05, 0) is 55.2 Å². The first kappa shape index (κ1) is 24.4. The molecule has 1 aliphatic heterocycles. The van der Waals surface area contributed by atoms with Crippen LogP contribution in [0, 0.1) is 5.41 Å². The fourth-order valence-electron chi connectivity index (χ4n) is 4.77. The predicted octanol–water partition coefficient (Wildman–Crippen LogP) is 3.51. The van der Waals surface area contributed by atoms with E-state index >= 15 is 0 Å². The molecule has 2 aliphatic rings. The monoisotopic (exact) mass is 534 g/mol. The number of primary sulfonamides is 1. The van der Waals surface area contributed by atoms with E-state index in [0.717, 1.165) is 37.6 Å². The second kappa shape index (κ2) is 10.9. The van der Waals surface area contributed by atoms with Gasteiger partial charge >= 0.3 is 0 Å². The van der Waals surface area contributed by atoms with Gasteiger partial charge in [-0.1, -0.05) is 37.8 Å². The van der Waals surface area contributed by atoms with Crippen molar-refractivity contribution in [3.8, 4) is 0 Å². The highest BCUT2D eigenvalue weighted by atomic mass is 127. The summed E-state index contributed by atoms with van der Waals surface area (Å²) < 4.78 is 22.7. The molecule has 1 aromatic carbocycles. The third-order valence-corrected chi connectivity index (χ3v) is 7.21. The molecule has 0 unspecified atom stereocenters. The Morgan fingerprint density at radius 3 is 2.31 bits per heavy atom. The summed E-state index contributed by atoms with van der Waals surface area (Å²) in [5.74, 6) is 0.990. The summed E-state index contributed by atoms with van der Waals surface area (Å²) in [5, 5.41) is 8.66. The molecule has 0 aromatic heterocycles. The molecule has 0 atom stereocenters. The van der Waals surface area contributed by atoms with E-state index in [4.69, 9.17) is 5.14 Å². The maximum absolute atomic E-state index is 11.4. The van der Waals surface area contributed by atoms with Gasteiger partial charge in [0.15, 0.2) is 5.96 Å². The summed E-state index contributed by atoms with van der Waals surface area (Å²) in [7, 11) is -1.77. The molecule has 1 aromatic rings. The lowest BCUT2D eigenvalue weighted by molar-refractivity contribution is 0.115. The molecule has 0 amide bonds. The molecule has 8 heteroatoms. The Bertz CT molecular complexity index is 772. The zero-order valence-electron chi connectivity index (χ0n) is 17.4. The summed E-state index contributed by atoms with van der Waals surface area (Å²) in [6.45, 7) is 2.96. The fraction of sp³-hybridized carbons (Fsp3) is 0.667. The van der Waals surface area contributed by atoms with E-state index in [1.165, 1.54) is 51.4 Å². The standard InChI is InChI=1S/C21H34N4O2S.HI/c1-23-20(24-15-11-18-7-9-19(10-8-18)28(22,26)27)25-16-6-14-21(17-25)12-4-2-3-5-13-21;/h7-10H,2-6,11-17H2,1H3,(H,23,24)(H2,22,26,27);1H. The van der Waals surface area contributed by atoms with Gasteiger partial charge in [-0.3, -0.25) is 4.99 Å². The number of piperidine rings is 1. The molecule has 0 radical (unpaired) electrons. The summed E-state index contributed by atoms with van der Waals surface area (Å²) >= 11 is 0. The van der Waals surface area contributed by atoms with Gasteiger partial charge in [-0.25, -0.2) is 13.6 Å². The maximum Gasteiger partial charge on any atom is 0.238 e. The Hall–Kier alpha value is -0.870. The molecule has 1 heterocycles. The number of nitrogens with zero attached hydrogens (tertiary/aromatic N) is 2. The smallest absolute Gasteiger partial charge is 0.238 e. The number of rotatable bonds is 4. The Kier molecular flexibility index (Phi) is 9.21. The minimum Gasteiger partial charge on any atom is -0.356 e. The molecule has 0 bridgehead atoms.